The van der Waals surface area contributed by atoms with E-state index < -0.39 is 5.60 Å². The van der Waals surface area contributed by atoms with Crippen molar-refractivity contribution in [2.45, 2.75) is 32.9 Å². The number of ether oxygens (including phenoxy) is 2. The van der Waals surface area contributed by atoms with Crippen LogP contribution >= 0.6 is 11.6 Å². The van der Waals surface area contributed by atoms with E-state index in [-0.39, 0.29) is 17.7 Å². The van der Waals surface area contributed by atoms with E-state index in [1.807, 2.05) is 57.2 Å². The quantitative estimate of drug-likeness (QED) is 0.255. The van der Waals surface area contributed by atoms with Crippen LogP contribution in [0.4, 0.5) is 16.4 Å². The highest BCUT2D eigenvalue weighted by molar-refractivity contribution is 6.31. The maximum Gasteiger partial charge on any atom is 0.410 e. The summed E-state index contributed by atoms with van der Waals surface area (Å²) in [6.07, 6.45) is 1.25. The number of nitrogens with zero attached hydrogens (tertiary/aromatic N) is 4. The fourth-order valence-corrected chi connectivity index (χ4v) is 4.71. The molecule has 0 saturated carbocycles. The van der Waals surface area contributed by atoms with E-state index in [1.54, 1.807) is 24.1 Å². The Morgan fingerprint density at radius 1 is 1.02 bits per heavy atom. The van der Waals surface area contributed by atoms with Gasteiger partial charge in [-0.05, 0) is 62.7 Å². The van der Waals surface area contributed by atoms with E-state index in [4.69, 9.17) is 21.1 Å². The summed E-state index contributed by atoms with van der Waals surface area (Å²) in [5, 5.41) is 6.56. The number of fused-ring (bicyclic) bond motifs is 1. The third-order valence-electron chi connectivity index (χ3n) is 6.61. The molecular formula is C30H34ClN7O4. The monoisotopic (exact) mass is 591 g/mol. The third-order valence-corrected chi connectivity index (χ3v) is 6.98. The standard InChI is InChI=1S/C30H34ClN7O4/c1-30(2,3)42-29(40)38-13-11-37(12-14-38)18-19-15-20(5-7-23(19)31)34-28-35-24-8-6-21(16-25(24)36-28)41-22-9-10-33-26(17-22)27(39)32-4/h5-10,15-17H,11-14,18H2,1-4H3,(H,32,39)(H2,34,35,36). The van der Waals surface area contributed by atoms with Crippen LogP contribution in [0, 0.1) is 0 Å². The summed E-state index contributed by atoms with van der Waals surface area (Å²) in [6.45, 7) is 8.94. The molecule has 220 valence electrons. The van der Waals surface area contributed by atoms with Gasteiger partial charge < -0.3 is 30.0 Å². The van der Waals surface area contributed by atoms with Crippen LogP contribution in [0.25, 0.3) is 11.0 Å². The maximum atomic E-state index is 12.4. The van der Waals surface area contributed by atoms with Crippen molar-refractivity contribution in [1.82, 2.24) is 30.1 Å². The number of aromatic nitrogens is 3. The molecular weight excluding hydrogens is 558 g/mol. The van der Waals surface area contributed by atoms with Crippen LogP contribution in [0.5, 0.6) is 11.5 Å². The van der Waals surface area contributed by atoms with Crippen LogP contribution in [-0.4, -0.2) is 75.6 Å². The highest BCUT2D eigenvalue weighted by atomic mass is 35.5. The fourth-order valence-electron chi connectivity index (χ4n) is 4.54. The minimum absolute atomic E-state index is 0.271. The lowest BCUT2D eigenvalue weighted by Gasteiger charge is -2.35. The lowest BCUT2D eigenvalue weighted by molar-refractivity contribution is 0.0139. The predicted molar refractivity (Wildman–Crippen MR) is 162 cm³/mol. The summed E-state index contributed by atoms with van der Waals surface area (Å²) in [7, 11) is 1.55. The molecule has 11 nitrogen and oxygen atoms in total. The van der Waals surface area contributed by atoms with Crippen LogP contribution in [0.15, 0.2) is 54.7 Å². The van der Waals surface area contributed by atoms with Gasteiger partial charge in [-0.2, -0.15) is 0 Å². The number of rotatable bonds is 7. The molecule has 0 radical (unpaired) electrons. The van der Waals surface area contributed by atoms with Gasteiger partial charge in [-0.1, -0.05) is 11.6 Å². The first kappa shape index (κ1) is 29.2. The predicted octanol–water partition coefficient (Wildman–Crippen LogP) is 5.56. The Labute approximate surface area is 249 Å². The lowest BCUT2D eigenvalue weighted by Crippen LogP contribution is -2.49. The molecule has 1 aliphatic heterocycles. The Morgan fingerprint density at radius 3 is 2.52 bits per heavy atom. The topological polar surface area (TPSA) is 125 Å². The molecule has 3 heterocycles. The van der Waals surface area contributed by atoms with Crippen molar-refractivity contribution in [1.29, 1.82) is 0 Å². The second kappa shape index (κ2) is 12.3. The van der Waals surface area contributed by atoms with Gasteiger partial charge in [0.2, 0.25) is 5.95 Å². The third kappa shape index (κ3) is 7.29. The Morgan fingerprint density at radius 2 is 1.79 bits per heavy atom. The van der Waals surface area contributed by atoms with E-state index in [9.17, 15) is 9.59 Å². The molecule has 1 saturated heterocycles. The van der Waals surface area contributed by atoms with Gasteiger partial charge in [0.05, 0.1) is 11.0 Å². The average Bonchev–Trinajstić information content (AvgIpc) is 3.35. The normalized spacial score (nSPS) is 14.1. The SMILES string of the molecule is CNC(=O)c1cc(Oc2ccc3[nH]c(Nc4ccc(Cl)c(CN5CCN(C(=O)OC(C)(C)C)CC5)c4)nc3c2)ccn1. The zero-order chi connectivity index (χ0) is 29.9. The Balaban J connectivity index is 1.22. The maximum absolute atomic E-state index is 12.4. The summed E-state index contributed by atoms with van der Waals surface area (Å²) in [4.78, 5) is 40.3. The summed E-state index contributed by atoms with van der Waals surface area (Å²) in [5.74, 6) is 1.36. The van der Waals surface area contributed by atoms with Crippen LogP contribution in [0.2, 0.25) is 5.02 Å². The van der Waals surface area contributed by atoms with Gasteiger partial charge in [0.1, 0.15) is 22.8 Å². The highest BCUT2D eigenvalue weighted by Crippen LogP contribution is 2.28. The number of hydrogen-bond donors (Lipinski definition) is 3. The number of carbonyl (C=O) groups is 2. The van der Waals surface area contributed by atoms with Gasteiger partial charge in [0.25, 0.3) is 5.91 Å². The Hall–Kier alpha value is -4.35. The number of H-pyrrole nitrogens is 1. The largest absolute Gasteiger partial charge is 0.457 e. The smallest absolute Gasteiger partial charge is 0.410 e. The van der Waals surface area contributed by atoms with Crippen molar-refractivity contribution in [3.05, 3.63) is 71.0 Å². The molecule has 0 spiro atoms. The summed E-state index contributed by atoms with van der Waals surface area (Å²) < 4.78 is 11.4. The van der Waals surface area contributed by atoms with Crippen molar-refractivity contribution in [3.8, 4) is 11.5 Å². The number of imidazole rings is 1. The van der Waals surface area contributed by atoms with Gasteiger partial charge in [0, 0.05) is 68.8 Å². The average molecular weight is 592 g/mol. The lowest BCUT2D eigenvalue weighted by atomic mass is 10.1. The molecule has 5 rings (SSSR count). The number of pyridine rings is 1. The highest BCUT2D eigenvalue weighted by Gasteiger charge is 2.26. The number of halogens is 1. The number of amides is 2. The van der Waals surface area contributed by atoms with E-state index in [0.29, 0.717) is 47.6 Å². The van der Waals surface area contributed by atoms with Crippen molar-refractivity contribution in [3.63, 3.8) is 0 Å². The molecule has 2 aromatic carbocycles. The molecule has 1 fully saturated rings. The van der Waals surface area contributed by atoms with Crippen LogP contribution in [0.3, 0.4) is 0 Å². The molecule has 2 amide bonds. The van der Waals surface area contributed by atoms with Crippen LogP contribution in [0.1, 0.15) is 36.8 Å². The van der Waals surface area contributed by atoms with Gasteiger partial charge in [-0.15, -0.1) is 0 Å². The molecule has 2 aromatic heterocycles. The zero-order valence-electron chi connectivity index (χ0n) is 24.0. The molecule has 0 unspecified atom stereocenters. The fraction of sp³-hybridized carbons (Fsp3) is 0.333. The molecule has 0 atom stereocenters. The molecule has 12 heteroatoms. The van der Waals surface area contributed by atoms with Crippen LogP contribution < -0.4 is 15.4 Å². The number of hydrogen-bond acceptors (Lipinski definition) is 8. The minimum atomic E-state index is -0.510. The second-order valence-corrected chi connectivity index (χ2v) is 11.4. The van der Waals surface area contributed by atoms with Gasteiger partial charge in [-0.25, -0.2) is 9.78 Å². The molecule has 0 aliphatic carbocycles. The molecule has 0 bridgehead atoms. The van der Waals surface area contributed by atoms with Gasteiger partial charge in [-0.3, -0.25) is 14.7 Å². The first-order valence-electron chi connectivity index (χ1n) is 13.7. The van der Waals surface area contributed by atoms with Crippen LogP contribution in [-0.2, 0) is 11.3 Å². The summed E-state index contributed by atoms with van der Waals surface area (Å²) in [5.41, 5.74) is 3.14. The Bertz CT molecular complexity index is 1590. The number of anilines is 2. The van der Waals surface area contributed by atoms with E-state index in [1.165, 1.54) is 6.20 Å². The molecule has 42 heavy (non-hydrogen) atoms. The Kier molecular flexibility index (Phi) is 8.51. The van der Waals surface area contributed by atoms with Crippen molar-refractivity contribution >= 4 is 46.3 Å². The van der Waals surface area contributed by atoms with E-state index in [2.05, 4.69) is 30.5 Å². The number of piperazine rings is 1. The van der Waals surface area contributed by atoms with Crippen molar-refractivity contribution in [2.24, 2.45) is 0 Å². The van der Waals surface area contributed by atoms with Crippen molar-refractivity contribution < 1.29 is 19.1 Å². The molecule has 3 N–H and O–H groups in total. The van der Waals surface area contributed by atoms with Crippen molar-refractivity contribution in [2.75, 3.05) is 38.5 Å². The number of aromatic amines is 1. The number of carbonyl (C=O) groups excluding carboxylic acids is 2. The number of nitrogens with one attached hydrogen (secondary N) is 3. The second-order valence-electron chi connectivity index (χ2n) is 11.0. The van der Waals surface area contributed by atoms with E-state index >= 15 is 0 Å². The minimum Gasteiger partial charge on any atom is -0.457 e. The van der Waals surface area contributed by atoms with E-state index in [0.717, 1.165) is 29.9 Å². The number of benzene rings is 2. The van der Waals surface area contributed by atoms with Gasteiger partial charge in [0.15, 0.2) is 0 Å². The summed E-state index contributed by atoms with van der Waals surface area (Å²) in [6, 6.07) is 14.6. The first-order valence-corrected chi connectivity index (χ1v) is 14.1. The van der Waals surface area contributed by atoms with Gasteiger partial charge >= 0.3 is 6.09 Å². The molecule has 4 aromatic rings. The molecule has 1 aliphatic rings. The summed E-state index contributed by atoms with van der Waals surface area (Å²) >= 11 is 6.55. The first-order chi connectivity index (χ1) is 20.1. The zero-order valence-corrected chi connectivity index (χ0v) is 24.8.